The van der Waals surface area contributed by atoms with Gasteiger partial charge in [-0.15, -0.1) is 0 Å². The molecule has 0 bridgehead atoms. The SMILES string of the molecule is Cc1noc(CCn2c(CO)nc3cc(N)ccc32)n1. The highest BCUT2D eigenvalue weighted by molar-refractivity contribution is 5.79. The first-order valence-corrected chi connectivity index (χ1v) is 6.32. The van der Waals surface area contributed by atoms with Crippen LogP contribution in [0.15, 0.2) is 22.7 Å². The number of aliphatic hydroxyl groups is 1. The average molecular weight is 273 g/mol. The van der Waals surface area contributed by atoms with Gasteiger partial charge in [0.1, 0.15) is 12.4 Å². The van der Waals surface area contributed by atoms with Crippen LogP contribution >= 0.6 is 0 Å². The van der Waals surface area contributed by atoms with Gasteiger partial charge < -0.3 is 19.9 Å². The quantitative estimate of drug-likeness (QED) is 0.688. The molecule has 104 valence electrons. The van der Waals surface area contributed by atoms with Crippen LogP contribution in [-0.4, -0.2) is 24.8 Å². The molecule has 0 spiro atoms. The molecule has 0 amide bonds. The molecule has 2 aromatic heterocycles. The van der Waals surface area contributed by atoms with Crippen LogP contribution in [0.5, 0.6) is 0 Å². The summed E-state index contributed by atoms with van der Waals surface area (Å²) in [6, 6.07) is 5.51. The Bertz CT molecular complexity index is 746. The van der Waals surface area contributed by atoms with Crippen molar-refractivity contribution in [2.24, 2.45) is 0 Å². The molecule has 3 N–H and O–H groups in total. The van der Waals surface area contributed by atoms with Gasteiger partial charge in [-0.3, -0.25) is 0 Å². The van der Waals surface area contributed by atoms with Gasteiger partial charge in [-0.1, -0.05) is 5.16 Å². The van der Waals surface area contributed by atoms with E-state index in [9.17, 15) is 5.11 Å². The van der Waals surface area contributed by atoms with Crippen LogP contribution in [0, 0.1) is 6.92 Å². The standard InChI is InChI=1S/C13H15N5O2/c1-8-15-13(20-17-8)4-5-18-11-3-2-9(14)6-10(11)16-12(18)7-19/h2-3,6,19H,4-5,7,14H2,1H3. The molecule has 2 heterocycles. The Hall–Kier alpha value is -2.41. The second-order valence-electron chi connectivity index (χ2n) is 4.57. The molecule has 0 fully saturated rings. The third-order valence-electron chi connectivity index (χ3n) is 3.11. The van der Waals surface area contributed by atoms with E-state index in [0.717, 1.165) is 11.0 Å². The molecule has 7 nitrogen and oxygen atoms in total. The fourth-order valence-corrected chi connectivity index (χ4v) is 2.22. The number of aromatic nitrogens is 4. The van der Waals surface area contributed by atoms with Crippen molar-refractivity contribution in [2.45, 2.75) is 26.5 Å². The lowest BCUT2D eigenvalue weighted by Gasteiger charge is -2.05. The normalized spacial score (nSPS) is 11.3. The van der Waals surface area contributed by atoms with Crippen molar-refractivity contribution in [3.8, 4) is 0 Å². The Morgan fingerprint density at radius 3 is 2.90 bits per heavy atom. The number of aliphatic hydroxyl groups excluding tert-OH is 1. The molecule has 0 atom stereocenters. The van der Waals surface area contributed by atoms with Crippen molar-refractivity contribution >= 4 is 16.7 Å². The van der Waals surface area contributed by atoms with E-state index in [1.54, 1.807) is 13.0 Å². The lowest BCUT2D eigenvalue weighted by molar-refractivity contribution is 0.265. The summed E-state index contributed by atoms with van der Waals surface area (Å²) in [5.74, 6) is 1.79. The monoisotopic (exact) mass is 273 g/mol. The molecule has 0 aliphatic rings. The Kier molecular flexibility index (Phi) is 3.11. The molecule has 7 heteroatoms. The molecule has 0 unspecified atom stereocenters. The molecule has 0 aliphatic carbocycles. The van der Waals surface area contributed by atoms with E-state index in [-0.39, 0.29) is 6.61 Å². The smallest absolute Gasteiger partial charge is 0.228 e. The van der Waals surface area contributed by atoms with Crippen LogP contribution in [0.1, 0.15) is 17.5 Å². The van der Waals surface area contributed by atoms with Crippen LogP contribution in [0.4, 0.5) is 5.69 Å². The van der Waals surface area contributed by atoms with E-state index >= 15 is 0 Å². The minimum atomic E-state index is -0.128. The Labute approximate surface area is 115 Å². The van der Waals surface area contributed by atoms with E-state index in [4.69, 9.17) is 10.3 Å². The maximum absolute atomic E-state index is 9.42. The second-order valence-corrected chi connectivity index (χ2v) is 4.57. The van der Waals surface area contributed by atoms with E-state index in [1.165, 1.54) is 0 Å². The predicted molar refractivity (Wildman–Crippen MR) is 72.8 cm³/mol. The van der Waals surface area contributed by atoms with Crippen molar-refractivity contribution in [2.75, 3.05) is 5.73 Å². The number of imidazole rings is 1. The molecule has 20 heavy (non-hydrogen) atoms. The Balaban J connectivity index is 1.93. The summed E-state index contributed by atoms with van der Waals surface area (Å²) in [4.78, 5) is 8.54. The third-order valence-corrected chi connectivity index (χ3v) is 3.11. The summed E-state index contributed by atoms with van der Waals surface area (Å²) >= 11 is 0. The predicted octanol–water partition coefficient (Wildman–Crippen LogP) is 1.04. The molecule has 0 saturated heterocycles. The van der Waals surface area contributed by atoms with Crippen LogP contribution in [-0.2, 0) is 19.6 Å². The topological polar surface area (TPSA) is 103 Å². The fraction of sp³-hybridized carbons (Fsp3) is 0.308. The van der Waals surface area contributed by atoms with Gasteiger partial charge in [0.15, 0.2) is 5.82 Å². The minimum absolute atomic E-state index is 0.128. The summed E-state index contributed by atoms with van der Waals surface area (Å²) in [6.07, 6.45) is 0.587. The lowest BCUT2D eigenvalue weighted by atomic mass is 10.3. The summed E-state index contributed by atoms with van der Waals surface area (Å²) in [5, 5.41) is 13.2. The number of anilines is 1. The number of nitrogen functional groups attached to an aromatic ring is 1. The number of rotatable bonds is 4. The fourth-order valence-electron chi connectivity index (χ4n) is 2.22. The summed E-state index contributed by atoms with van der Waals surface area (Å²) in [6.45, 7) is 2.26. The highest BCUT2D eigenvalue weighted by Gasteiger charge is 2.11. The lowest BCUT2D eigenvalue weighted by Crippen LogP contribution is -2.06. The van der Waals surface area contributed by atoms with Gasteiger partial charge in [0.05, 0.1) is 11.0 Å². The zero-order valence-electron chi connectivity index (χ0n) is 11.1. The summed E-state index contributed by atoms with van der Waals surface area (Å²) in [5.41, 5.74) is 8.10. The van der Waals surface area contributed by atoms with E-state index in [2.05, 4.69) is 15.1 Å². The second kappa shape index (κ2) is 4.93. The van der Waals surface area contributed by atoms with Gasteiger partial charge in [-0.2, -0.15) is 4.98 Å². The number of nitrogens with zero attached hydrogens (tertiary/aromatic N) is 4. The first-order valence-electron chi connectivity index (χ1n) is 6.32. The van der Waals surface area contributed by atoms with Crippen LogP contribution < -0.4 is 5.73 Å². The largest absolute Gasteiger partial charge is 0.399 e. The van der Waals surface area contributed by atoms with Crippen molar-refractivity contribution < 1.29 is 9.63 Å². The zero-order valence-corrected chi connectivity index (χ0v) is 11.1. The number of aryl methyl sites for hydroxylation is 3. The maximum Gasteiger partial charge on any atom is 0.228 e. The van der Waals surface area contributed by atoms with Crippen LogP contribution in [0.2, 0.25) is 0 Å². The molecule has 3 rings (SSSR count). The van der Waals surface area contributed by atoms with E-state index in [1.807, 2.05) is 16.7 Å². The Morgan fingerprint density at radius 1 is 1.35 bits per heavy atom. The van der Waals surface area contributed by atoms with Gasteiger partial charge in [-0.05, 0) is 25.1 Å². The minimum Gasteiger partial charge on any atom is -0.399 e. The number of hydrogen-bond donors (Lipinski definition) is 2. The summed E-state index contributed by atoms with van der Waals surface area (Å²) in [7, 11) is 0. The number of nitrogens with two attached hydrogens (primary N) is 1. The highest BCUT2D eigenvalue weighted by Crippen LogP contribution is 2.19. The Morgan fingerprint density at radius 2 is 2.20 bits per heavy atom. The molecule has 0 saturated carbocycles. The van der Waals surface area contributed by atoms with Gasteiger partial charge >= 0.3 is 0 Å². The highest BCUT2D eigenvalue weighted by atomic mass is 16.5. The van der Waals surface area contributed by atoms with Crippen molar-refractivity contribution in [1.82, 2.24) is 19.7 Å². The van der Waals surface area contributed by atoms with Crippen molar-refractivity contribution in [3.05, 3.63) is 35.7 Å². The molecule has 1 aromatic carbocycles. The molecule has 0 radical (unpaired) electrons. The molecule has 0 aliphatic heterocycles. The summed E-state index contributed by atoms with van der Waals surface area (Å²) < 4.78 is 7.03. The van der Waals surface area contributed by atoms with E-state index in [0.29, 0.717) is 36.2 Å². The van der Waals surface area contributed by atoms with Gasteiger partial charge in [-0.25, -0.2) is 4.98 Å². The van der Waals surface area contributed by atoms with Crippen LogP contribution in [0.25, 0.3) is 11.0 Å². The van der Waals surface area contributed by atoms with Crippen LogP contribution in [0.3, 0.4) is 0 Å². The van der Waals surface area contributed by atoms with Crippen molar-refractivity contribution in [1.29, 1.82) is 0 Å². The first-order chi connectivity index (χ1) is 9.67. The molecule has 3 aromatic rings. The van der Waals surface area contributed by atoms with Crippen molar-refractivity contribution in [3.63, 3.8) is 0 Å². The molecular formula is C13H15N5O2. The van der Waals surface area contributed by atoms with E-state index < -0.39 is 0 Å². The first kappa shape index (κ1) is 12.6. The number of benzene rings is 1. The van der Waals surface area contributed by atoms with Gasteiger partial charge in [0.25, 0.3) is 0 Å². The third kappa shape index (κ3) is 2.23. The zero-order chi connectivity index (χ0) is 14.1. The average Bonchev–Trinajstić information content (AvgIpc) is 2.99. The number of fused-ring (bicyclic) bond motifs is 1. The van der Waals surface area contributed by atoms with Gasteiger partial charge in [0, 0.05) is 18.7 Å². The number of hydrogen-bond acceptors (Lipinski definition) is 6. The molecular weight excluding hydrogens is 258 g/mol. The van der Waals surface area contributed by atoms with Gasteiger partial charge in [0.2, 0.25) is 5.89 Å². The maximum atomic E-state index is 9.42.